The van der Waals surface area contributed by atoms with Gasteiger partial charge in [0, 0.05) is 18.1 Å². The molecule has 4 heteroatoms. The molecule has 1 aromatic rings. The van der Waals surface area contributed by atoms with E-state index in [4.69, 9.17) is 4.74 Å². The highest BCUT2D eigenvalue weighted by atomic mass is 79.9. The average Bonchev–Trinajstić information content (AvgIpc) is 2.25. The summed E-state index contributed by atoms with van der Waals surface area (Å²) in [7, 11) is 1.73. The smallest absolute Gasteiger partial charge is 0.129 e. The lowest BCUT2D eigenvalue weighted by Gasteiger charge is -2.28. The number of nitrogens with zero attached hydrogens (tertiary/aromatic N) is 2. The van der Waals surface area contributed by atoms with Gasteiger partial charge in [-0.1, -0.05) is 0 Å². The molecule has 0 fully saturated rings. The molecule has 0 N–H and O–H groups in total. The second kappa shape index (κ2) is 6.21. The fraction of sp³-hybridized carbons (Fsp3) is 0.583. The van der Waals surface area contributed by atoms with Gasteiger partial charge < -0.3 is 9.64 Å². The molecule has 0 saturated heterocycles. The standard InChI is InChI=1S/C12H19BrN2O/c1-5-15(9(2)8-16-4)12-7-6-11(13)10(3)14-12/h6-7,9H,5,8H2,1-4H3. The van der Waals surface area contributed by atoms with E-state index < -0.39 is 0 Å². The highest BCUT2D eigenvalue weighted by Crippen LogP contribution is 2.20. The molecule has 0 radical (unpaired) electrons. The van der Waals surface area contributed by atoms with Crippen molar-refractivity contribution in [3.8, 4) is 0 Å². The highest BCUT2D eigenvalue weighted by molar-refractivity contribution is 9.10. The number of hydrogen-bond acceptors (Lipinski definition) is 3. The number of anilines is 1. The maximum Gasteiger partial charge on any atom is 0.129 e. The molecule has 0 aromatic carbocycles. The van der Waals surface area contributed by atoms with Gasteiger partial charge >= 0.3 is 0 Å². The minimum Gasteiger partial charge on any atom is -0.383 e. The lowest BCUT2D eigenvalue weighted by molar-refractivity contribution is 0.181. The van der Waals surface area contributed by atoms with Crippen molar-refractivity contribution in [2.24, 2.45) is 0 Å². The van der Waals surface area contributed by atoms with E-state index in [-0.39, 0.29) is 0 Å². The maximum absolute atomic E-state index is 5.18. The maximum atomic E-state index is 5.18. The number of aromatic nitrogens is 1. The fourth-order valence-electron chi connectivity index (χ4n) is 1.72. The van der Waals surface area contributed by atoms with Crippen molar-refractivity contribution < 1.29 is 4.74 Å². The fourth-order valence-corrected chi connectivity index (χ4v) is 1.94. The zero-order valence-corrected chi connectivity index (χ0v) is 11.9. The molecule has 16 heavy (non-hydrogen) atoms. The topological polar surface area (TPSA) is 25.4 Å². The van der Waals surface area contributed by atoms with Gasteiger partial charge in [0.05, 0.1) is 18.3 Å². The van der Waals surface area contributed by atoms with Crippen molar-refractivity contribution in [3.63, 3.8) is 0 Å². The molecule has 0 bridgehead atoms. The molecule has 0 spiro atoms. The van der Waals surface area contributed by atoms with Gasteiger partial charge in [0.15, 0.2) is 0 Å². The van der Waals surface area contributed by atoms with Crippen molar-refractivity contribution in [1.29, 1.82) is 0 Å². The van der Waals surface area contributed by atoms with Crippen LogP contribution in [0.3, 0.4) is 0 Å². The molecule has 3 nitrogen and oxygen atoms in total. The van der Waals surface area contributed by atoms with Gasteiger partial charge in [0.2, 0.25) is 0 Å². The van der Waals surface area contributed by atoms with Crippen LogP contribution >= 0.6 is 15.9 Å². The Kier molecular flexibility index (Phi) is 5.22. The van der Waals surface area contributed by atoms with Crippen LogP contribution in [0.15, 0.2) is 16.6 Å². The van der Waals surface area contributed by atoms with Gasteiger partial charge in [-0.3, -0.25) is 0 Å². The van der Waals surface area contributed by atoms with E-state index in [1.54, 1.807) is 7.11 Å². The van der Waals surface area contributed by atoms with Gasteiger partial charge in [0.1, 0.15) is 5.82 Å². The Balaban J connectivity index is 2.90. The third-order valence-corrected chi connectivity index (χ3v) is 3.42. The molecule has 0 aliphatic carbocycles. The van der Waals surface area contributed by atoms with Crippen LogP contribution in [0.25, 0.3) is 0 Å². The van der Waals surface area contributed by atoms with E-state index in [9.17, 15) is 0 Å². The summed E-state index contributed by atoms with van der Waals surface area (Å²) in [6, 6.07) is 4.41. The van der Waals surface area contributed by atoms with Crippen molar-refractivity contribution in [1.82, 2.24) is 4.98 Å². The van der Waals surface area contributed by atoms with Crippen LogP contribution in [-0.2, 0) is 4.74 Å². The Bertz CT molecular complexity index is 344. The first-order valence-corrected chi connectivity index (χ1v) is 6.28. The van der Waals surface area contributed by atoms with E-state index >= 15 is 0 Å². The zero-order valence-electron chi connectivity index (χ0n) is 10.3. The molecule has 0 amide bonds. The molecule has 1 aromatic heterocycles. The third-order valence-electron chi connectivity index (χ3n) is 2.58. The number of methoxy groups -OCH3 is 1. The lowest BCUT2D eigenvalue weighted by Crippen LogP contribution is -2.36. The normalized spacial score (nSPS) is 12.6. The summed E-state index contributed by atoms with van der Waals surface area (Å²) in [5.41, 5.74) is 1.01. The van der Waals surface area contributed by atoms with Gasteiger partial charge in [-0.25, -0.2) is 4.98 Å². The Labute approximate surface area is 106 Å². The highest BCUT2D eigenvalue weighted by Gasteiger charge is 2.14. The average molecular weight is 287 g/mol. The molecular weight excluding hydrogens is 268 g/mol. The third kappa shape index (κ3) is 3.19. The summed E-state index contributed by atoms with van der Waals surface area (Å²) in [5, 5.41) is 0. The Morgan fingerprint density at radius 1 is 1.50 bits per heavy atom. The van der Waals surface area contributed by atoms with Crippen molar-refractivity contribution in [3.05, 3.63) is 22.3 Å². The van der Waals surface area contributed by atoms with E-state index in [1.807, 2.05) is 19.1 Å². The van der Waals surface area contributed by atoms with Gasteiger partial charge in [-0.15, -0.1) is 0 Å². The number of ether oxygens (including phenoxy) is 1. The van der Waals surface area contributed by atoms with Gasteiger partial charge in [-0.2, -0.15) is 0 Å². The number of aryl methyl sites for hydroxylation is 1. The van der Waals surface area contributed by atoms with Crippen LogP contribution in [0, 0.1) is 6.92 Å². The number of likely N-dealkylation sites (N-methyl/N-ethyl adjacent to an activating group) is 1. The van der Waals surface area contributed by atoms with Crippen LogP contribution in [-0.4, -0.2) is 31.3 Å². The summed E-state index contributed by atoms with van der Waals surface area (Å²) in [5.74, 6) is 1.01. The van der Waals surface area contributed by atoms with E-state index in [2.05, 4.69) is 39.7 Å². The minimum atomic E-state index is 0.336. The second-order valence-electron chi connectivity index (χ2n) is 3.83. The van der Waals surface area contributed by atoms with E-state index in [0.29, 0.717) is 12.6 Å². The number of halogens is 1. The Morgan fingerprint density at radius 3 is 2.69 bits per heavy atom. The first kappa shape index (κ1) is 13.5. The van der Waals surface area contributed by atoms with Crippen LogP contribution in [0.1, 0.15) is 19.5 Å². The number of pyridine rings is 1. The van der Waals surface area contributed by atoms with Crippen LogP contribution in [0.4, 0.5) is 5.82 Å². The van der Waals surface area contributed by atoms with Crippen LogP contribution in [0.5, 0.6) is 0 Å². The van der Waals surface area contributed by atoms with Crippen molar-refractivity contribution in [2.75, 3.05) is 25.2 Å². The summed E-state index contributed by atoms with van der Waals surface area (Å²) in [4.78, 5) is 6.81. The predicted molar refractivity (Wildman–Crippen MR) is 71.0 cm³/mol. The zero-order chi connectivity index (χ0) is 12.1. The molecular formula is C12H19BrN2O. The Morgan fingerprint density at radius 2 is 2.19 bits per heavy atom. The van der Waals surface area contributed by atoms with Crippen LogP contribution < -0.4 is 4.90 Å². The largest absolute Gasteiger partial charge is 0.383 e. The molecule has 1 heterocycles. The quantitative estimate of drug-likeness (QED) is 0.832. The summed E-state index contributed by atoms with van der Waals surface area (Å²) in [6.45, 7) is 7.92. The molecule has 0 aliphatic rings. The first-order chi connectivity index (χ1) is 7.60. The first-order valence-electron chi connectivity index (χ1n) is 5.48. The number of rotatable bonds is 5. The van der Waals surface area contributed by atoms with Gasteiger partial charge in [0.25, 0.3) is 0 Å². The van der Waals surface area contributed by atoms with Crippen molar-refractivity contribution >= 4 is 21.7 Å². The van der Waals surface area contributed by atoms with E-state index in [0.717, 1.165) is 22.5 Å². The molecule has 90 valence electrons. The molecule has 0 aliphatic heterocycles. The molecule has 0 saturated carbocycles. The van der Waals surface area contributed by atoms with Crippen molar-refractivity contribution in [2.45, 2.75) is 26.8 Å². The molecule has 1 rings (SSSR count). The Hall–Kier alpha value is -0.610. The summed E-state index contributed by atoms with van der Waals surface area (Å²) in [6.07, 6.45) is 0. The summed E-state index contributed by atoms with van der Waals surface area (Å²) < 4.78 is 6.23. The lowest BCUT2D eigenvalue weighted by atomic mass is 10.2. The van der Waals surface area contributed by atoms with Gasteiger partial charge in [-0.05, 0) is 48.8 Å². The predicted octanol–water partition coefficient (Wildman–Crippen LogP) is 3.01. The van der Waals surface area contributed by atoms with E-state index in [1.165, 1.54) is 0 Å². The minimum absolute atomic E-state index is 0.336. The molecule has 1 atom stereocenters. The van der Waals surface area contributed by atoms with Crippen LogP contribution in [0.2, 0.25) is 0 Å². The second-order valence-corrected chi connectivity index (χ2v) is 4.68. The SMILES string of the molecule is CCN(c1ccc(Br)c(C)n1)C(C)COC. The summed E-state index contributed by atoms with van der Waals surface area (Å²) >= 11 is 3.46. The monoisotopic (exact) mass is 286 g/mol. The number of hydrogen-bond donors (Lipinski definition) is 0. The molecule has 1 unspecified atom stereocenters.